The summed E-state index contributed by atoms with van der Waals surface area (Å²) in [7, 11) is 0. The fourth-order valence-electron chi connectivity index (χ4n) is 3.10. The lowest BCUT2D eigenvalue weighted by atomic mass is 10.1. The summed E-state index contributed by atoms with van der Waals surface area (Å²) >= 11 is 0. The van der Waals surface area contributed by atoms with E-state index in [4.69, 9.17) is 0 Å². The topological polar surface area (TPSA) is 167 Å². The van der Waals surface area contributed by atoms with Gasteiger partial charge in [-0.1, -0.05) is 24.3 Å². The Morgan fingerprint density at radius 1 is 1.03 bits per heavy atom. The number of aliphatic hydroxyl groups is 4. The van der Waals surface area contributed by atoms with Crippen LogP contribution in [0.4, 0.5) is 11.8 Å². The molecule has 0 unspecified atom stereocenters. The van der Waals surface area contributed by atoms with Crippen molar-refractivity contribution in [1.82, 2.24) is 15.0 Å². The Bertz CT molecular complexity index is 1090. The van der Waals surface area contributed by atoms with Gasteiger partial charge in [0.15, 0.2) is 0 Å². The molecule has 33 heavy (non-hydrogen) atoms. The van der Waals surface area contributed by atoms with Crippen LogP contribution in [0.2, 0.25) is 0 Å². The molecule has 10 nitrogen and oxygen atoms in total. The zero-order chi connectivity index (χ0) is 23.8. The number of nitriles is 1. The van der Waals surface area contributed by atoms with Gasteiger partial charge in [0.05, 0.1) is 49.6 Å². The summed E-state index contributed by atoms with van der Waals surface area (Å²) in [6.07, 6.45) is 0.531. The molecule has 10 heteroatoms. The molecule has 3 rings (SSSR count). The van der Waals surface area contributed by atoms with Gasteiger partial charge in [0, 0.05) is 12.1 Å². The van der Waals surface area contributed by atoms with Crippen LogP contribution in [0.5, 0.6) is 0 Å². The van der Waals surface area contributed by atoms with Gasteiger partial charge >= 0.3 is 0 Å². The van der Waals surface area contributed by atoms with Crippen LogP contribution in [0.3, 0.4) is 0 Å². The van der Waals surface area contributed by atoms with E-state index in [2.05, 4.69) is 25.6 Å². The Hall–Kier alpha value is -3.62. The zero-order valence-electron chi connectivity index (χ0n) is 18.1. The summed E-state index contributed by atoms with van der Waals surface area (Å²) in [4.78, 5) is 12.8. The second kappa shape index (κ2) is 11.3. The van der Waals surface area contributed by atoms with E-state index in [-0.39, 0.29) is 37.2 Å². The number of rotatable bonds is 10. The first-order valence-electron chi connectivity index (χ1n) is 10.3. The highest BCUT2D eigenvalue weighted by Gasteiger charge is 2.17. The van der Waals surface area contributed by atoms with Crippen molar-refractivity contribution in [3.63, 3.8) is 0 Å². The third-order valence-electron chi connectivity index (χ3n) is 4.99. The van der Waals surface area contributed by atoms with Crippen molar-refractivity contribution in [1.29, 1.82) is 5.26 Å². The summed E-state index contributed by atoms with van der Waals surface area (Å²) in [5, 5.41) is 53.2. The third-order valence-corrected chi connectivity index (χ3v) is 4.99. The van der Waals surface area contributed by atoms with Crippen LogP contribution in [-0.2, 0) is 19.8 Å². The van der Waals surface area contributed by atoms with Gasteiger partial charge in [-0.2, -0.15) is 10.2 Å². The largest absolute Gasteiger partial charge is 0.394 e. The Balaban J connectivity index is 1.72. The van der Waals surface area contributed by atoms with Crippen LogP contribution < -0.4 is 10.6 Å². The van der Waals surface area contributed by atoms with E-state index >= 15 is 0 Å². The second-order valence-corrected chi connectivity index (χ2v) is 7.46. The van der Waals surface area contributed by atoms with Crippen LogP contribution in [0, 0.1) is 11.3 Å². The van der Waals surface area contributed by atoms with Gasteiger partial charge in [0.25, 0.3) is 0 Å². The molecular weight excluding hydrogens is 424 g/mol. The minimum Gasteiger partial charge on any atom is -0.394 e. The molecule has 3 aromatic rings. The van der Waals surface area contributed by atoms with E-state index in [1.807, 2.05) is 30.3 Å². The van der Waals surface area contributed by atoms with Gasteiger partial charge in [-0.05, 0) is 30.2 Å². The fraction of sp³-hybridized carbons (Fsp3) is 0.304. The van der Waals surface area contributed by atoms with Crippen molar-refractivity contribution in [3.8, 4) is 17.3 Å². The average molecular weight is 450 g/mol. The first-order valence-corrected chi connectivity index (χ1v) is 10.3. The lowest BCUT2D eigenvalue weighted by molar-refractivity contribution is 0.132. The molecule has 0 aliphatic rings. The number of pyridine rings is 1. The molecule has 0 bridgehead atoms. The predicted octanol–water partition coefficient (Wildman–Crippen LogP) is 1.16. The normalized spacial score (nSPS) is 12.6. The summed E-state index contributed by atoms with van der Waals surface area (Å²) in [6.45, 7) is 1.28. The smallest absolute Gasteiger partial charge is 0.224 e. The van der Waals surface area contributed by atoms with Crippen molar-refractivity contribution in [2.24, 2.45) is 0 Å². The number of hydrogen-bond acceptors (Lipinski definition) is 10. The molecule has 172 valence electrons. The quantitative estimate of drug-likeness (QED) is 0.264. The van der Waals surface area contributed by atoms with Gasteiger partial charge in [-0.3, -0.25) is 4.98 Å². The molecule has 0 aliphatic heterocycles. The third kappa shape index (κ3) is 6.21. The predicted molar refractivity (Wildman–Crippen MR) is 122 cm³/mol. The minimum atomic E-state index is -0.840. The van der Waals surface area contributed by atoms with Gasteiger partial charge < -0.3 is 31.1 Å². The molecule has 6 N–H and O–H groups in total. The van der Waals surface area contributed by atoms with Crippen molar-refractivity contribution < 1.29 is 20.4 Å². The van der Waals surface area contributed by atoms with E-state index in [1.165, 1.54) is 13.1 Å². The van der Waals surface area contributed by atoms with Gasteiger partial charge in [-0.15, -0.1) is 0 Å². The summed E-state index contributed by atoms with van der Waals surface area (Å²) in [6, 6.07) is 12.4. The summed E-state index contributed by atoms with van der Waals surface area (Å²) in [5.41, 5.74) is 3.81. The first-order chi connectivity index (χ1) is 16.0. The highest BCUT2D eigenvalue weighted by atomic mass is 16.3. The molecule has 0 amide bonds. The second-order valence-electron chi connectivity index (χ2n) is 7.46. The Kier molecular flexibility index (Phi) is 8.23. The molecule has 0 aliphatic carbocycles. The average Bonchev–Trinajstić information content (AvgIpc) is 2.85. The molecule has 0 fully saturated rings. The van der Waals surface area contributed by atoms with Crippen molar-refractivity contribution in [2.75, 3.05) is 17.2 Å². The van der Waals surface area contributed by atoms with Crippen molar-refractivity contribution in [2.45, 2.75) is 38.8 Å². The number of anilines is 2. The maximum Gasteiger partial charge on any atom is 0.224 e. The standard InChI is InChI=1S/C23H26N6O4/c1-14(33)21(13-32)28-22-18(8-24)10-26-23(29-22)25-9-15-2-4-17(5-3-15)20-7-16(11-30)6-19(12-31)27-20/h2-7,10,14,21,30-33H,9,11-13H2,1H3,(H2,25,26,28,29)/t14-,21-/m1/s1. The Labute approximate surface area is 191 Å². The molecule has 0 saturated heterocycles. The molecular formula is C23H26N6O4. The maximum atomic E-state index is 9.73. The lowest BCUT2D eigenvalue weighted by Gasteiger charge is -2.20. The molecule has 0 spiro atoms. The molecule has 2 atom stereocenters. The number of nitrogens with one attached hydrogen (secondary N) is 2. The molecule has 0 radical (unpaired) electrons. The molecule has 1 aromatic carbocycles. The van der Waals surface area contributed by atoms with Crippen LogP contribution >= 0.6 is 0 Å². The highest BCUT2D eigenvalue weighted by molar-refractivity contribution is 5.61. The maximum absolute atomic E-state index is 9.73. The summed E-state index contributed by atoms with van der Waals surface area (Å²) in [5.74, 6) is 0.507. The highest BCUT2D eigenvalue weighted by Crippen LogP contribution is 2.21. The van der Waals surface area contributed by atoms with Crippen LogP contribution in [-0.4, -0.2) is 54.1 Å². The van der Waals surface area contributed by atoms with Gasteiger partial charge in [0.2, 0.25) is 5.95 Å². The van der Waals surface area contributed by atoms with E-state index in [9.17, 15) is 25.7 Å². The van der Waals surface area contributed by atoms with E-state index < -0.39 is 12.1 Å². The SMILES string of the molecule is C[C@@H](O)[C@@H](CO)Nc1nc(NCc2ccc(-c3cc(CO)cc(CO)n3)cc2)ncc1C#N. The fourth-order valence-corrected chi connectivity index (χ4v) is 3.10. The molecule has 2 aromatic heterocycles. The van der Waals surface area contributed by atoms with Gasteiger partial charge in [-0.25, -0.2) is 4.98 Å². The van der Waals surface area contributed by atoms with E-state index in [0.717, 1.165) is 11.1 Å². The van der Waals surface area contributed by atoms with Crippen LogP contribution in [0.15, 0.2) is 42.6 Å². The number of aliphatic hydroxyl groups excluding tert-OH is 4. The Morgan fingerprint density at radius 3 is 2.39 bits per heavy atom. The Morgan fingerprint density at radius 2 is 1.79 bits per heavy atom. The van der Waals surface area contributed by atoms with Crippen molar-refractivity contribution >= 4 is 11.8 Å². The van der Waals surface area contributed by atoms with Gasteiger partial charge in [0.1, 0.15) is 17.5 Å². The first kappa shape index (κ1) is 24.0. The minimum absolute atomic E-state index is 0.137. The number of nitrogens with zero attached hydrogens (tertiary/aromatic N) is 4. The number of hydrogen-bond donors (Lipinski definition) is 6. The lowest BCUT2D eigenvalue weighted by Crippen LogP contribution is -2.35. The van der Waals surface area contributed by atoms with Crippen LogP contribution in [0.1, 0.15) is 29.3 Å². The molecule has 0 saturated carbocycles. The van der Waals surface area contributed by atoms with E-state index in [0.29, 0.717) is 23.5 Å². The number of aromatic nitrogens is 3. The summed E-state index contributed by atoms with van der Waals surface area (Å²) < 4.78 is 0. The monoisotopic (exact) mass is 450 g/mol. The number of benzene rings is 1. The van der Waals surface area contributed by atoms with Crippen LogP contribution in [0.25, 0.3) is 11.3 Å². The van der Waals surface area contributed by atoms with E-state index in [1.54, 1.807) is 12.1 Å². The zero-order valence-corrected chi connectivity index (χ0v) is 18.1. The van der Waals surface area contributed by atoms with Crippen molar-refractivity contribution in [3.05, 3.63) is 65.0 Å². The molecule has 2 heterocycles.